The van der Waals surface area contributed by atoms with Crippen LogP contribution in [0, 0.1) is 0 Å². The Morgan fingerprint density at radius 1 is 0.846 bits per heavy atom. The van der Waals surface area contributed by atoms with Crippen molar-refractivity contribution in [3.8, 4) is 0 Å². The summed E-state index contributed by atoms with van der Waals surface area (Å²) in [6, 6.07) is 0. The third-order valence-electron chi connectivity index (χ3n) is 3.02. The minimum Gasteiger partial charge on any atom is -0.455 e. The standard InChI is InChI=1S/C16H22O9S/c1-6-7-26-16-14(23-10(4)19)12(21-8(2)17)13(22-9(3)18)15(25-16)24-11(5)20/h6,12-16H,1,7H2,2-5H3. The van der Waals surface area contributed by atoms with Crippen molar-refractivity contribution in [1.82, 2.24) is 0 Å². The van der Waals surface area contributed by atoms with E-state index in [1.807, 2.05) is 0 Å². The Morgan fingerprint density at radius 2 is 1.31 bits per heavy atom. The number of carbonyl (C=O) groups excluding carboxylic acids is 4. The van der Waals surface area contributed by atoms with Gasteiger partial charge in [-0.3, -0.25) is 19.2 Å². The van der Waals surface area contributed by atoms with Crippen molar-refractivity contribution in [1.29, 1.82) is 0 Å². The molecule has 1 aliphatic heterocycles. The Balaban J connectivity index is 3.27. The molecule has 0 aromatic heterocycles. The van der Waals surface area contributed by atoms with E-state index in [0.717, 1.165) is 20.8 Å². The molecular weight excluding hydrogens is 368 g/mol. The molecule has 1 fully saturated rings. The number of hydrogen-bond acceptors (Lipinski definition) is 10. The highest BCUT2D eigenvalue weighted by Crippen LogP contribution is 2.34. The second kappa shape index (κ2) is 10.2. The number of ether oxygens (including phenoxy) is 5. The summed E-state index contributed by atoms with van der Waals surface area (Å²) in [6.45, 7) is 8.21. The highest BCUT2D eigenvalue weighted by molar-refractivity contribution is 7.99. The van der Waals surface area contributed by atoms with Gasteiger partial charge in [0.15, 0.2) is 12.2 Å². The second-order valence-corrected chi connectivity index (χ2v) is 6.46. The lowest BCUT2D eigenvalue weighted by Gasteiger charge is -2.43. The third kappa shape index (κ3) is 6.68. The van der Waals surface area contributed by atoms with Crippen molar-refractivity contribution in [3.63, 3.8) is 0 Å². The zero-order valence-corrected chi connectivity index (χ0v) is 15.8. The molecule has 146 valence electrons. The summed E-state index contributed by atoms with van der Waals surface area (Å²) in [4.78, 5) is 45.9. The van der Waals surface area contributed by atoms with Gasteiger partial charge in [-0.2, -0.15) is 0 Å². The number of esters is 4. The monoisotopic (exact) mass is 390 g/mol. The van der Waals surface area contributed by atoms with E-state index in [0.29, 0.717) is 5.75 Å². The maximum absolute atomic E-state index is 11.5. The maximum Gasteiger partial charge on any atom is 0.305 e. The Bertz CT molecular complexity index is 562. The summed E-state index contributed by atoms with van der Waals surface area (Å²) in [5.41, 5.74) is -0.850. The minimum absolute atomic E-state index is 0.417. The third-order valence-corrected chi connectivity index (χ3v) is 4.15. The predicted molar refractivity (Wildman–Crippen MR) is 89.7 cm³/mol. The molecule has 0 saturated carbocycles. The lowest BCUT2D eigenvalue weighted by atomic mass is 10.0. The van der Waals surface area contributed by atoms with Gasteiger partial charge in [-0.25, -0.2) is 0 Å². The van der Waals surface area contributed by atoms with Crippen LogP contribution >= 0.6 is 11.8 Å². The van der Waals surface area contributed by atoms with Gasteiger partial charge < -0.3 is 23.7 Å². The lowest BCUT2D eigenvalue weighted by molar-refractivity contribution is -0.280. The van der Waals surface area contributed by atoms with E-state index in [1.165, 1.54) is 18.7 Å². The summed E-state index contributed by atoms with van der Waals surface area (Å²) in [6.07, 6.45) is -3.35. The first-order chi connectivity index (χ1) is 12.1. The first-order valence-corrected chi connectivity index (χ1v) is 8.77. The van der Waals surface area contributed by atoms with Crippen LogP contribution in [0.15, 0.2) is 12.7 Å². The van der Waals surface area contributed by atoms with E-state index in [9.17, 15) is 19.2 Å². The summed E-state index contributed by atoms with van der Waals surface area (Å²) in [7, 11) is 0. The van der Waals surface area contributed by atoms with Crippen LogP contribution < -0.4 is 0 Å². The van der Waals surface area contributed by atoms with E-state index >= 15 is 0 Å². The first kappa shape index (κ1) is 22.0. The predicted octanol–water partition coefficient (Wildman–Crippen LogP) is 0.946. The average molecular weight is 390 g/mol. The molecule has 1 aliphatic rings. The molecule has 10 heteroatoms. The molecule has 0 radical (unpaired) electrons. The molecule has 0 bridgehead atoms. The maximum atomic E-state index is 11.5. The number of rotatable bonds is 7. The molecule has 0 aromatic rings. The van der Waals surface area contributed by atoms with Gasteiger partial charge in [0.25, 0.3) is 0 Å². The number of thioether (sulfide) groups is 1. The van der Waals surface area contributed by atoms with Gasteiger partial charge in [0.2, 0.25) is 12.4 Å². The first-order valence-electron chi connectivity index (χ1n) is 7.72. The van der Waals surface area contributed by atoms with Crippen LogP contribution in [0.5, 0.6) is 0 Å². The summed E-state index contributed by atoms with van der Waals surface area (Å²) >= 11 is 1.19. The molecule has 0 spiro atoms. The molecule has 0 aliphatic carbocycles. The van der Waals surface area contributed by atoms with Gasteiger partial charge in [0.1, 0.15) is 5.44 Å². The summed E-state index contributed by atoms with van der Waals surface area (Å²) in [5, 5.41) is 0. The van der Waals surface area contributed by atoms with E-state index in [4.69, 9.17) is 23.7 Å². The average Bonchev–Trinajstić information content (AvgIpc) is 2.49. The molecular formula is C16H22O9S. The van der Waals surface area contributed by atoms with Gasteiger partial charge in [-0.05, 0) is 0 Å². The molecule has 5 unspecified atom stereocenters. The van der Waals surface area contributed by atoms with Crippen LogP contribution in [-0.2, 0) is 42.9 Å². The fourth-order valence-corrected chi connectivity index (χ4v) is 3.21. The van der Waals surface area contributed by atoms with Crippen molar-refractivity contribution in [2.75, 3.05) is 5.75 Å². The van der Waals surface area contributed by atoms with E-state index < -0.39 is 53.9 Å². The molecule has 5 atom stereocenters. The molecule has 1 rings (SSSR count). The molecule has 26 heavy (non-hydrogen) atoms. The van der Waals surface area contributed by atoms with E-state index in [-0.39, 0.29) is 0 Å². The van der Waals surface area contributed by atoms with Crippen LogP contribution in [-0.4, -0.2) is 59.7 Å². The SMILES string of the molecule is C=CCSC1OC(OC(C)=O)C(OC(C)=O)C(OC(C)=O)C1OC(C)=O. The van der Waals surface area contributed by atoms with Crippen molar-refractivity contribution in [3.05, 3.63) is 12.7 Å². The van der Waals surface area contributed by atoms with Gasteiger partial charge in [0.05, 0.1) is 0 Å². The number of hydrogen-bond donors (Lipinski definition) is 0. The van der Waals surface area contributed by atoms with Crippen molar-refractivity contribution in [2.24, 2.45) is 0 Å². The fraction of sp³-hybridized carbons (Fsp3) is 0.625. The van der Waals surface area contributed by atoms with Crippen molar-refractivity contribution in [2.45, 2.75) is 57.7 Å². The quantitative estimate of drug-likeness (QED) is 0.353. The summed E-state index contributed by atoms with van der Waals surface area (Å²) in [5.74, 6) is -2.33. The Kier molecular flexibility index (Phi) is 8.59. The number of carbonyl (C=O) groups is 4. The summed E-state index contributed by atoms with van der Waals surface area (Å²) < 4.78 is 26.4. The zero-order valence-electron chi connectivity index (χ0n) is 15.0. The molecule has 0 amide bonds. The van der Waals surface area contributed by atoms with Gasteiger partial charge in [-0.15, -0.1) is 18.3 Å². The van der Waals surface area contributed by atoms with Gasteiger partial charge >= 0.3 is 23.9 Å². The fourth-order valence-electron chi connectivity index (χ4n) is 2.29. The normalized spacial score (nSPS) is 27.8. The molecule has 9 nitrogen and oxygen atoms in total. The molecule has 1 saturated heterocycles. The minimum atomic E-state index is -1.34. The van der Waals surface area contributed by atoms with Crippen LogP contribution in [0.25, 0.3) is 0 Å². The Labute approximate surface area is 155 Å². The van der Waals surface area contributed by atoms with Crippen LogP contribution in [0.1, 0.15) is 27.7 Å². The topological polar surface area (TPSA) is 114 Å². The van der Waals surface area contributed by atoms with E-state index in [1.54, 1.807) is 6.08 Å². The lowest BCUT2D eigenvalue weighted by Crippen LogP contribution is -2.61. The second-order valence-electron chi connectivity index (χ2n) is 5.33. The van der Waals surface area contributed by atoms with Crippen molar-refractivity contribution >= 4 is 35.6 Å². The smallest absolute Gasteiger partial charge is 0.305 e. The molecule has 0 N–H and O–H groups in total. The highest BCUT2D eigenvalue weighted by atomic mass is 32.2. The van der Waals surface area contributed by atoms with Crippen LogP contribution in [0.4, 0.5) is 0 Å². The van der Waals surface area contributed by atoms with Crippen LogP contribution in [0.3, 0.4) is 0 Å². The van der Waals surface area contributed by atoms with Gasteiger partial charge in [0, 0.05) is 33.4 Å². The Hall–Kier alpha value is -2.07. The molecule has 1 heterocycles. The van der Waals surface area contributed by atoms with Crippen LogP contribution in [0.2, 0.25) is 0 Å². The highest BCUT2D eigenvalue weighted by Gasteiger charge is 2.53. The van der Waals surface area contributed by atoms with E-state index in [2.05, 4.69) is 6.58 Å². The Morgan fingerprint density at radius 3 is 1.77 bits per heavy atom. The largest absolute Gasteiger partial charge is 0.455 e. The zero-order chi connectivity index (χ0) is 19.9. The molecule has 0 aromatic carbocycles. The van der Waals surface area contributed by atoms with Crippen molar-refractivity contribution < 1.29 is 42.9 Å². The van der Waals surface area contributed by atoms with Gasteiger partial charge in [-0.1, -0.05) is 6.08 Å².